The van der Waals surface area contributed by atoms with E-state index in [1.54, 1.807) is 6.92 Å². The standard InChI is InChI=1S/C14H18BN2O5/c1-2-21-13-11(14(19)20)3-4-12(16-13)22-10-5-7-17(8-6-10)15-9-18/h3-4,9-10H,2,5-8H2,1H3,(H,19,20). The van der Waals surface area contributed by atoms with Crippen LogP contribution in [0.25, 0.3) is 0 Å². The molecule has 1 saturated heterocycles. The molecule has 8 heteroatoms. The van der Waals surface area contributed by atoms with Gasteiger partial charge in [-0.3, -0.25) is 0 Å². The molecule has 1 N–H and O–H groups in total. The third-order valence-corrected chi connectivity index (χ3v) is 3.38. The number of carboxylic acid groups (broad SMARTS) is 1. The van der Waals surface area contributed by atoms with Crippen LogP contribution in [0.5, 0.6) is 11.8 Å². The van der Waals surface area contributed by atoms with Gasteiger partial charge in [-0.15, -0.1) is 0 Å². The zero-order valence-electron chi connectivity index (χ0n) is 12.4. The summed E-state index contributed by atoms with van der Waals surface area (Å²) < 4.78 is 11.0. The fourth-order valence-corrected chi connectivity index (χ4v) is 2.30. The van der Waals surface area contributed by atoms with Crippen LogP contribution in [0, 0.1) is 0 Å². The highest BCUT2D eigenvalue weighted by atomic mass is 16.5. The maximum atomic E-state index is 11.1. The third kappa shape index (κ3) is 4.20. The molecule has 1 aromatic heterocycles. The summed E-state index contributed by atoms with van der Waals surface area (Å²) in [5.74, 6) is -0.661. The van der Waals surface area contributed by atoms with E-state index in [2.05, 4.69) is 4.98 Å². The molecule has 0 amide bonds. The summed E-state index contributed by atoms with van der Waals surface area (Å²) >= 11 is 0. The molecule has 2 rings (SSSR count). The minimum Gasteiger partial charge on any atom is -0.477 e. The number of piperidine rings is 1. The van der Waals surface area contributed by atoms with Crippen LogP contribution in [0.3, 0.4) is 0 Å². The van der Waals surface area contributed by atoms with Crippen molar-refractivity contribution in [2.75, 3.05) is 19.7 Å². The van der Waals surface area contributed by atoms with E-state index in [1.165, 1.54) is 19.5 Å². The second-order valence-electron chi connectivity index (χ2n) is 4.88. The average molecular weight is 305 g/mol. The van der Waals surface area contributed by atoms with Crippen LogP contribution in [-0.4, -0.2) is 60.3 Å². The van der Waals surface area contributed by atoms with Crippen molar-refractivity contribution in [3.8, 4) is 11.8 Å². The Bertz CT molecular complexity index is 532. The maximum absolute atomic E-state index is 11.1. The van der Waals surface area contributed by atoms with Crippen molar-refractivity contribution in [3.05, 3.63) is 17.7 Å². The van der Waals surface area contributed by atoms with Crippen LogP contribution in [0.2, 0.25) is 0 Å². The highest BCUT2D eigenvalue weighted by Crippen LogP contribution is 2.23. The fraction of sp³-hybridized carbons (Fsp3) is 0.500. The van der Waals surface area contributed by atoms with Gasteiger partial charge >= 0.3 is 5.97 Å². The van der Waals surface area contributed by atoms with Crippen molar-refractivity contribution in [3.63, 3.8) is 0 Å². The molecule has 0 atom stereocenters. The molecule has 1 aliphatic heterocycles. The van der Waals surface area contributed by atoms with Gasteiger partial charge in [0.25, 0.3) is 7.41 Å². The average Bonchev–Trinajstić information content (AvgIpc) is 2.50. The largest absolute Gasteiger partial charge is 0.477 e. The van der Waals surface area contributed by atoms with Gasteiger partial charge in [-0.1, -0.05) is 0 Å². The summed E-state index contributed by atoms with van der Waals surface area (Å²) in [4.78, 5) is 27.6. The molecular weight excluding hydrogens is 287 g/mol. The Morgan fingerprint density at radius 3 is 2.82 bits per heavy atom. The van der Waals surface area contributed by atoms with Crippen LogP contribution < -0.4 is 9.47 Å². The molecular formula is C14H18BN2O5. The van der Waals surface area contributed by atoms with E-state index in [-0.39, 0.29) is 17.5 Å². The molecule has 7 nitrogen and oxygen atoms in total. The molecule has 2 heterocycles. The van der Waals surface area contributed by atoms with Crippen molar-refractivity contribution in [2.45, 2.75) is 25.9 Å². The number of hydrogen-bond donors (Lipinski definition) is 1. The quantitative estimate of drug-likeness (QED) is 0.589. The lowest BCUT2D eigenvalue weighted by atomic mass is 9.90. The van der Waals surface area contributed by atoms with Crippen LogP contribution in [-0.2, 0) is 4.79 Å². The lowest BCUT2D eigenvalue weighted by molar-refractivity contribution is 0.0691. The highest BCUT2D eigenvalue weighted by molar-refractivity contribution is 6.64. The van der Waals surface area contributed by atoms with E-state index in [1.807, 2.05) is 4.81 Å². The van der Waals surface area contributed by atoms with Crippen molar-refractivity contribution in [1.82, 2.24) is 9.79 Å². The number of carbonyl (C=O) groups is 2. The monoisotopic (exact) mass is 305 g/mol. The van der Waals surface area contributed by atoms with Crippen LogP contribution in [0.1, 0.15) is 30.1 Å². The summed E-state index contributed by atoms with van der Waals surface area (Å²) in [5.41, 5.74) is 0.0182. The second-order valence-corrected chi connectivity index (χ2v) is 4.88. The molecule has 0 aliphatic carbocycles. The molecule has 1 fully saturated rings. The minimum atomic E-state index is -1.08. The van der Waals surface area contributed by atoms with Gasteiger partial charge in [0.05, 0.1) is 12.8 Å². The van der Waals surface area contributed by atoms with Gasteiger partial charge in [0.1, 0.15) is 11.7 Å². The lowest BCUT2D eigenvalue weighted by Crippen LogP contribution is -2.40. The molecule has 1 aromatic rings. The van der Waals surface area contributed by atoms with Gasteiger partial charge in [0.15, 0.2) is 0 Å². The summed E-state index contributed by atoms with van der Waals surface area (Å²) in [5, 5.41) is 9.09. The van der Waals surface area contributed by atoms with E-state index in [0.717, 1.165) is 32.1 Å². The number of nitrogens with zero attached hydrogens (tertiary/aromatic N) is 2. The maximum Gasteiger partial charge on any atom is 0.341 e. The molecule has 0 saturated carbocycles. The summed E-state index contributed by atoms with van der Waals surface area (Å²) in [6.07, 6.45) is 2.32. The summed E-state index contributed by atoms with van der Waals surface area (Å²) in [7, 11) is 1.53. The predicted molar refractivity (Wildman–Crippen MR) is 80.1 cm³/mol. The molecule has 0 bridgehead atoms. The SMILES string of the molecule is CCOc1nc(OC2CCN([B]C=O)CC2)ccc1C(=O)O. The van der Waals surface area contributed by atoms with E-state index in [0.29, 0.717) is 12.5 Å². The number of carboxylic acids is 1. The molecule has 1 radical (unpaired) electrons. The van der Waals surface area contributed by atoms with Gasteiger partial charge in [0, 0.05) is 6.07 Å². The Morgan fingerprint density at radius 1 is 1.50 bits per heavy atom. The molecule has 117 valence electrons. The minimum absolute atomic E-state index is 0.00560. The van der Waals surface area contributed by atoms with Crippen LogP contribution >= 0.6 is 0 Å². The first kappa shape index (κ1) is 16.3. The number of carbonyl (C=O) groups excluding carboxylic acids is 1. The molecule has 0 spiro atoms. The summed E-state index contributed by atoms with van der Waals surface area (Å²) in [6.45, 7) is 3.58. The molecule has 0 unspecified atom stereocenters. The number of aromatic nitrogens is 1. The van der Waals surface area contributed by atoms with Gasteiger partial charge < -0.3 is 24.2 Å². The van der Waals surface area contributed by atoms with E-state index in [9.17, 15) is 9.59 Å². The zero-order valence-corrected chi connectivity index (χ0v) is 12.4. The number of hydrogen-bond acceptors (Lipinski definition) is 6. The van der Waals surface area contributed by atoms with Gasteiger partial charge in [-0.05, 0) is 38.9 Å². The van der Waals surface area contributed by atoms with E-state index >= 15 is 0 Å². The fourth-order valence-electron chi connectivity index (χ4n) is 2.30. The first-order valence-corrected chi connectivity index (χ1v) is 7.20. The topological polar surface area (TPSA) is 89.0 Å². The smallest absolute Gasteiger partial charge is 0.341 e. The zero-order chi connectivity index (χ0) is 15.9. The first-order chi connectivity index (χ1) is 10.6. The van der Waals surface area contributed by atoms with Crippen molar-refractivity contribution < 1.29 is 24.2 Å². The Kier molecular flexibility index (Phi) is 5.77. The van der Waals surface area contributed by atoms with Gasteiger partial charge in [-0.2, -0.15) is 4.98 Å². The number of aromatic carboxylic acids is 1. The van der Waals surface area contributed by atoms with E-state index < -0.39 is 5.97 Å². The lowest BCUT2D eigenvalue weighted by Gasteiger charge is -2.30. The second kappa shape index (κ2) is 7.79. The van der Waals surface area contributed by atoms with Crippen molar-refractivity contribution in [1.29, 1.82) is 0 Å². The van der Waals surface area contributed by atoms with Crippen molar-refractivity contribution in [2.24, 2.45) is 0 Å². The third-order valence-electron chi connectivity index (χ3n) is 3.38. The van der Waals surface area contributed by atoms with Crippen molar-refractivity contribution >= 4 is 19.6 Å². The van der Waals surface area contributed by atoms with E-state index in [4.69, 9.17) is 14.6 Å². The Labute approximate surface area is 129 Å². The molecule has 1 aliphatic rings. The predicted octanol–water partition coefficient (Wildman–Crippen LogP) is 0.831. The van der Waals surface area contributed by atoms with Crippen LogP contribution in [0.15, 0.2) is 12.1 Å². The van der Waals surface area contributed by atoms with Gasteiger partial charge in [-0.25, -0.2) is 4.79 Å². The Balaban J connectivity index is 2.00. The normalized spacial score (nSPS) is 16.0. The summed E-state index contributed by atoms with van der Waals surface area (Å²) in [6, 6.07) is 2.97. The number of ether oxygens (including phenoxy) is 2. The van der Waals surface area contributed by atoms with Gasteiger partial charge in [0.2, 0.25) is 11.8 Å². The van der Waals surface area contributed by atoms with Crippen LogP contribution in [0.4, 0.5) is 0 Å². The highest BCUT2D eigenvalue weighted by Gasteiger charge is 2.22. The number of pyridine rings is 1. The first-order valence-electron chi connectivity index (χ1n) is 7.20. The Hall–Kier alpha value is -2.09. The molecule has 0 aromatic carbocycles. The number of rotatable bonds is 7. The Morgan fingerprint density at radius 2 is 2.23 bits per heavy atom. The molecule has 22 heavy (non-hydrogen) atoms.